The fourth-order valence-corrected chi connectivity index (χ4v) is 1.78. The molecule has 0 fully saturated rings. The summed E-state index contributed by atoms with van der Waals surface area (Å²) in [6.07, 6.45) is 0.804. The van der Waals surface area contributed by atoms with E-state index in [0.717, 1.165) is 12.0 Å². The fourth-order valence-electron chi connectivity index (χ4n) is 1.78. The average Bonchev–Trinajstić information content (AvgIpc) is 2.39. The Bertz CT molecular complexity index is 373. The number of carbonyl (C=O) groups excluding carboxylic acids is 1. The van der Waals surface area contributed by atoms with Gasteiger partial charge >= 0.3 is 0 Å². The van der Waals surface area contributed by atoms with Crippen LogP contribution in [0.15, 0.2) is 30.3 Å². The molecule has 0 aliphatic heterocycles. The first-order valence-corrected chi connectivity index (χ1v) is 6.53. The zero-order chi connectivity index (χ0) is 13.6. The van der Waals surface area contributed by atoms with E-state index < -0.39 is 0 Å². The van der Waals surface area contributed by atoms with Gasteiger partial charge in [0.2, 0.25) is 5.91 Å². The molecule has 1 amide bonds. The largest absolute Gasteiger partial charge is 0.355 e. The number of amides is 1. The van der Waals surface area contributed by atoms with Crippen LogP contribution in [0.3, 0.4) is 0 Å². The van der Waals surface area contributed by atoms with Gasteiger partial charge in [-0.2, -0.15) is 0 Å². The molecule has 0 bridgehead atoms. The maximum atomic E-state index is 12.2. The van der Waals surface area contributed by atoms with Gasteiger partial charge in [-0.1, -0.05) is 51.1 Å². The first-order chi connectivity index (χ1) is 8.50. The summed E-state index contributed by atoms with van der Waals surface area (Å²) in [5.41, 5.74) is 6.68. The molecule has 0 saturated carbocycles. The van der Waals surface area contributed by atoms with Crippen LogP contribution < -0.4 is 11.1 Å². The summed E-state index contributed by atoms with van der Waals surface area (Å²) in [6.45, 7) is 7.32. The van der Waals surface area contributed by atoms with E-state index >= 15 is 0 Å². The van der Waals surface area contributed by atoms with Gasteiger partial charge < -0.3 is 11.1 Å². The Labute approximate surface area is 110 Å². The first-order valence-electron chi connectivity index (χ1n) is 6.53. The van der Waals surface area contributed by atoms with Crippen LogP contribution in [0.2, 0.25) is 0 Å². The van der Waals surface area contributed by atoms with Crippen LogP contribution in [-0.2, 0) is 4.79 Å². The molecule has 1 atom stereocenters. The predicted octanol–water partition coefficient (Wildman–Crippen LogP) is 2.28. The molecule has 100 valence electrons. The van der Waals surface area contributed by atoms with E-state index in [-0.39, 0.29) is 17.2 Å². The molecule has 1 aromatic rings. The number of nitrogens with two attached hydrogens (primary N) is 1. The highest BCUT2D eigenvalue weighted by Crippen LogP contribution is 2.20. The maximum absolute atomic E-state index is 12.2. The van der Waals surface area contributed by atoms with Crippen LogP contribution in [0.4, 0.5) is 0 Å². The van der Waals surface area contributed by atoms with Gasteiger partial charge in [0.1, 0.15) is 0 Å². The Morgan fingerprint density at radius 2 is 1.94 bits per heavy atom. The summed E-state index contributed by atoms with van der Waals surface area (Å²) in [4.78, 5) is 12.2. The van der Waals surface area contributed by atoms with Gasteiger partial charge in [0.25, 0.3) is 0 Å². The Hall–Kier alpha value is -1.35. The van der Waals surface area contributed by atoms with E-state index in [1.807, 2.05) is 37.3 Å². The van der Waals surface area contributed by atoms with E-state index in [2.05, 4.69) is 19.2 Å². The molecular weight excluding hydrogens is 224 g/mol. The topological polar surface area (TPSA) is 55.1 Å². The van der Waals surface area contributed by atoms with Crippen LogP contribution in [0.25, 0.3) is 0 Å². The van der Waals surface area contributed by atoms with Crippen molar-refractivity contribution in [2.24, 2.45) is 11.1 Å². The second kappa shape index (κ2) is 6.55. The van der Waals surface area contributed by atoms with Gasteiger partial charge in [-0.25, -0.2) is 0 Å². The number of carbonyl (C=O) groups is 1. The van der Waals surface area contributed by atoms with Crippen molar-refractivity contribution in [3.05, 3.63) is 35.9 Å². The maximum Gasteiger partial charge on any atom is 0.227 e. The van der Waals surface area contributed by atoms with Crippen LogP contribution >= 0.6 is 0 Å². The molecule has 0 aliphatic carbocycles. The summed E-state index contributed by atoms with van der Waals surface area (Å²) < 4.78 is 0. The van der Waals surface area contributed by atoms with Crippen LogP contribution in [-0.4, -0.2) is 19.0 Å². The van der Waals surface area contributed by atoms with E-state index in [1.54, 1.807) is 0 Å². The first kappa shape index (κ1) is 14.7. The highest BCUT2D eigenvalue weighted by molar-refractivity contribution is 5.83. The van der Waals surface area contributed by atoms with Crippen molar-refractivity contribution in [2.75, 3.05) is 13.1 Å². The Kier molecular flexibility index (Phi) is 5.35. The smallest absolute Gasteiger partial charge is 0.227 e. The van der Waals surface area contributed by atoms with E-state index in [9.17, 15) is 4.79 Å². The van der Waals surface area contributed by atoms with Crippen molar-refractivity contribution < 1.29 is 4.79 Å². The third kappa shape index (κ3) is 4.15. The molecule has 3 nitrogen and oxygen atoms in total. The van der Waals surface area contributed by atoms with Crippen molar-refractivity contribution in [3.8, 4) is 0 Å². The summed E-state index contributed by atoms with van der Waals surface area (Å²) in [5, 5.41) is 3.00. The summed E-state index contributed by atoms with van der Waals surface area (Å²) in [5.74, 6) is 0.0185. The third-order valence-electron chi connectivity index (χ3n) is 3.22. The van der Waals surface area contributed by atoms with Gasteiger partial charge in [-0.05, 0) is 23.9 Å². The molecular formula is C15H24N2O. The SMILES string of the molecule is CCC(C(=O)NCC(C)(C)CN)c1ccccc1. The van der Waals surface area contributed by atoms with Crippen molar-refractivity contribution in [1.29, 1.82) is 0 Å². The molecule has 0 spiro atoms. The highest BCUT2D eigenvalue weighted by Gasteiger charge is 2.21. The van der Waals surface area contributed by atoms with Gasteiger partial charge in [0.05, 0.1) is 5.92 Å². The second-order valence-corrected chi connectivity index (χ2v) is 5.46. The van der Waals surface area contributed by atoms with Crippen molar-refractivity contribution >= 4 is 5.91 Å². The fraction of sp³-hybridized carbons (Fsp3) is 0.533. The summed E-state index contributed by atoms with van der Waals surface area (Å²) in [6, 6.07) is 9.90. The lowest BCUT2D eigenvalue weighted by Gasteiger charge is -2.24. The monoisotopic (exact) mass is 248 g/mol. The lowest BCUT2D eigenvalue weighted by Crippen LogP contribution is -2.40. The number of rotatable bonds is 6. The van der Waals surface area contributed by atoms with Crippen LogP contribution in [0, 0.1) is 5.41 Å². The molecule has 0 aliphatic rings. The zero-order valence-electron chi connectivity index (χ0n) is 11.6. The van der Waals surface area contributed by atoms with E-state index in [4.69, 9.17) is 5.73 Å². The number of hydrogen-bond acceptors (Lipinski definition) is 2. The minimum atomic E-state index is -0.0697. The van der Waals surface area contributed by atoms with Gasteiger partial charge in [-0.3, -0.25) is 4.79 Å². The van der Waals surface area contributed by atoms with Crippen molar-refractivity contribution in [3.63, 3.8) is 0 Å². The minimum absolute atomic E-state index is 0.0510. The zero-order valence-corrected chi connectivity index (χ0v) is 11.6. The number of hydrogen-bond donors (Lipinski definition) is 2. The van der Waals surface area contributed by atoms with E-state index in [1.165, 1.54) is 0 Å². The molecule has 3 N–H and O–H groups in total. The predicted molar refractivity (Wildman–Crippen MR) is 75.3 cm³/mol. The quantitative estimate of drug-likeness (QED) is 0.811. The molecule has 0 radical (unpaired) electrons. The van der Waals surface area contributed by atoms with Gasteiger partial charge in [-0.15, -0.1) is 0 Å². The number of nitrogens with one attached hydrogen (secondary N) is 1. The highest BCUT2D eigenvalue weighted by atomic mass is 16.1. The average molecular weight is 248 g/mol. The molecule has 1 aromatic carbocycles. The van der Waals surface area contributed by atoms with Gasteiger partial charge in [0, 0.05) is 6.54 Å². The van der Waals surface area contributed by atoms with Crippen molar-refractivity contribution in [2.45, 2.75) is 33.1 Å². The lowest BCUT2D eigenvalue weighted by atomic mass is 9.92. The molecule has 18 heavy (non-hydrogen) atoms. The van der Waals surface area contributed by atoms with Crippen LogP contribution in [0.1, 0.15) is 38.7 Å². The lowest BCUT2D eigenvalue weighted by molar-refractivity contribution is -0.123. The van der Waals surface area contributed by atoms with Crippen LogP contribution in [0.5, 0.6) is 0 Å². The Balaban J connectivity index is 2.64. The molecule has 0 aromatic heterocycles. The van der Waals surface area contributed by atoms with Crippen molar-refractivity contribution in [1.82, 2.24) is 5.32 Å². The normalized spacial score (nSPS) is 13.1. The summed E-state index contributed by atoms with van der Waals surface area (Å²) >= 11 is 0. The van der Waals surface area contributed by atoms with Gasteiger partial charge in [0.15, 0.2) is 0 Å². The molecule has 1 unspecified atom stereocenters. The minimum Gasteiger partial charge on any atom is -0.355 e. The molecule has 0 saturated heterocycles. The molecule has 1 rings (SSSR count). The number of benzene rings is 1. The molecule has 3 heteroatoms. The second-order valence-electron chi connectivity index (χ2n) is 5.46. The molecule has 0 heterocycles. The Morgan fingerprint density at radius 3 is 2.44 bits per heavy atom. The third-order valence-corrected chi connectivity index (χ3v) is 3.22. The summed E-state index contributed by atoms with van der Waals surface area (Å²) in [7, 11) is 0. The van der Waals surface area contributed by atoms with E-state index in [0.29, 0.717) is 13.1 Å². The standard InChI is InChI=1S/C15H24N2O/c1-4-13(12-8-6-5-7-9-12)14(18)17-11-15(2,3)10-16/h5-9,13H,4,10-11,16H2,1-3H3,(H,17,18). The Morgan fingerprint density at radius 1 is 1.33 bits per heavy atom.